The summed E-state index contributed by atoms with van der Waals surface area (Å²) in [5.41, 5.74) is 0.341. The maximum atomic E-state index is 11.1. The van der Waals surface area contributed by atoms with Crippen LogP contribution in [-0.2, 0) is 14.3 Å². The van der Waals surface area contributed by atoms with Crippen molar-refractivity contribution in [2.75, 3.05) is 13.7 Å². The number of methoxy groups -OCH3 is 1. The summed E-state index contributed by atoms with van der Waals surface area (Å²) in [6.07, 6.45) is 0.583. The zero-order valence-electron chi connectivity index (χ0n) is 8.79. The van der Waals surface area contributed by atoms with Crippen LogP contribution in [-0.4, -0.2) is 19.7 Å². The first-order valence-corrected chi connectivity index (χ1v) is 4.51. The molecule has 0 spiro atoms. The number of carbonyl (C=O) groups is 1. The van der Waals surface area contributed by atoms with Crippen molar-refractivity contribution >= 4 is 5.97 Å². The van der Waals surface area contributed by atoms with Crippen LogP contribution in [0.15, 0.2) is 11.3 Å². The largest absolute Gasteiger partial charge is 0.500 e. The fourth-order valence-electron chi connectivity index (χ4n) is 1.04. The van der Waals surface area contributed by atoms with Gasteiger partial charge in [0.15, 0.2) is 0 Å². The van der Waals surface area contributed by atoms with E-state index in [-0.39, 0.29) is 6.42 Å². The Morgan fingerprint density at radius 3 is 2.43 bits per heavy atom. The first-order chi connectivity index (χ1) is 6.69. The number of allylic oxidation sites excluding steroid dienone is 1. The molecule has 0 aliphatic heterocycles. The molecule has 0 aromatic heterocycles. The molecule has 0 heterocycles. The predicted molar refractivity (Wildman–Crippen MR) is 51.2 cm³/mol. The summed E-state index contributed by atoms with van der Waals surface area (Å²) in [6, 6.07) is 1.95. The Hall–Kier alpha value is -1.50. The van der Waals surface area contributed by atoms with Gasteiger partial charge in [-0.2, -0.15) is 5.26 Å². The predicted octanol–water partition coefficient (Wildman–Crippen LogP) is 1.77. The van der Waals surface area contributed by atoms with Gasteiger partial charge >= 0.3 is 5.97 Å². The van der Waals surface area contributed by atoms with Gasteiger partial charge in [0.05, 0.1) is 31.8 Å². The van der Waals surface area contributed by atoms with E-state index in [4.69, 9.17) is 14.7 Å². The van der Waals surface area contributed by atoms with Crippen molar-refractivity contribution in [3.05, 3.63) is 11.3 Å². The van der Waals surface area contributed by atoms with Crippen molar-refractivity contribution in [2.45, 2.75) is 26.7 Å². The second kappa shape index (κ2) is 6.96. The van der Waals surface area contributed by atoms with Crippen molar-refractivity contribution < 1.29 is 14.3 Å². The van der Waals surface area contributed by atoms with Gasteiger partial charge in [0.1, 0.15) is 5.76 Å². The van der Waals surface area contributed by atoms with Gasteiger partial charge in [-0.1, -0.05) is 6.92 Å². The van der Waals surface area contributed by atoms with Crippen molar-refractivity contribution in [3.63, 3.8) is 0 Å². The quantitative estimate of drug-likeness (QED) is 0.383. The lowest BCUT2D eigenvalue weighted by atomic mass is 10.1. The fraction of sp³-hybridized carbons (Fsp3) is 0.600. The average Bonchev–Trinajstić information content (AvgIpc) is 2.18. The van der Waals surface area contributed by atoms with Crippen LogP contribution >= 0.6 is 0 Å². The lowest BCUT2D eigenvalue weighted by Crippen LogP contribution is -2.06. The Morgan fingerprint density at radius 2 is 2.07 bits per heavy atom. The molecule has 0 bridgehead atoms. The minimum Gasteiger partial charge on any atom is -0.500 e. The molecular weight excluding hydrogens is 182 g/mol. The molecule has 0 aromatic carbocycles. The third-order valence-electron chi connectivity index (χ3n) is 1.67. The molecular formula is C10H15NO3. The van der Waals surface area contributed by atoms with Crippen LogP contribution < -0.4 is 0 Å². The van der Waals surface area contributed by atoms with Crippen LogP contribution in [0.25, 0.3) is 0 Å². The van der Waals surface area contributed by atoms with Crippen LogP contribution in [0, 0.1) is 11.3 Å². The SMILES string of the molecule is CCOC(=O)C/C(C#N)=C(\CC)OC. The van der Waals surface area contributed by atoms with E-state index in [1.165, 1.54) is 7.11 Å². The standard InChI is InChI=1S/C10H15NO3/c1-4-9(13-3)8(7-11)6-10(12)14-5-2/h4-6H2,1-3H3/b9-8-. The maximum Gasteiger partial charge on any atom is 0.311 e. The third kappa shape index (κ3) is 3.94. The molecule has 0 radical (unpaired) electrons. The van der Waals surface area contributed by atoms with E-state index in [1.54, 1.807) is 6.92 Å². The van der Waals surface area contributed by atoms with Crippen molar-refractivity contribution in [3.8, 4) is 6.07 Å². The van der Waals surface area contributed by atoms with Crippen molar-refractivity contribution in [1.29, 1.82) is 5.26 Å². The molecule has 0 aromatic rings. The molecule has 0 aliphatic carbocycles. The lowest BCUT2D eigenvalue weighted by molar-refractivity contribution is -0.142. The molecule has 78 valence electrons. The Bertz CT molecular complexity index is 257. The van der Waals surface area contributed by atoms with E-state index in [0.717, 1.165) is 0 Å². The van der Waals surface area contributed by atoms with Gasteiger partial charge in [-0.25, -0.2) is 0 Å². The summed E-state index contributed by atoms with van der Waals surface area (Å²) in [5.74, 6) is 0.146. The Labute approximate surface area is 84.1 Å². The normalized spacial score (nSPS) is 11.3. The minimum absolute atomic E-state index is 0.0125. The van der Waals surface area contributed by atoms with Crippen LogP contribution in [0.2, 0.25) is 0 Å². The molecule has 0 unspecified atom stereocenters. The Morgan fingerprint density at radius 1 is 1.43 bits per heavy atom. The van der Waals surface area contributed by atoms with Gasteiger partial charge in [-0.3, -0.25) is 4.79 Å². The number of carbonyl (C=O) groups excluding carboxylic acids is 1. The highest BCUT2D eigenvalue weighted by Gasteiger charge is 2.11. The molecule has 0 saturated heterocycles. The second-order valence-corrected chi connectivity index (χ2v) is 2.55. The average molecular weight is 197 g/mol. The van der Waals surface area contributed by atoms with E-state index < -0.39 is 5.97 Å². The van der Waals surface area contributed by atoms with Gasteiger partial charge in [0.25, 0.3) is 0 Å². The fourth-order valence-corrected chi connectivity index (χ4v) is 1.04. The summed E-state index contributed by atoms with van der Waals surface area (Å²) >= 11 is 0. The zero-order valence-corrected chi connectivity index (χ0v) is 8.79. The number of nitrogens with zero attached hydrogens (tertiary/aromatic N) is 1. The first kappa shape index (κ1) is 12.5. The first-order valence-electron chi connectivity index (χ1n) is 4.51. The number of esters is 1. The van der Waals surface area contributed by atoms with Crippen LogP contribution in [0.5, 0.6) is 0 Å². The topological polar surface area (TPSA) is 59.3 Å². The molecule has 0 N–H and O–H groups in total. The van der Waals surface area contributed by atoms with Gasteiger partial charge in [0, 0.05) is 6.42 Å². The lowest BCUT2D eigenvalue weighted by Gasteiger charge is -2.06. The van der Waals surface area contributed by atoms with Gasteiger partial charge in [0.2, 0.25) is 0 Å². The smallest absolute Gasteiger partial charge is 0.311 e. The monoisotopic (exact) mass is 197 g/mol. The molecule has 0 aliphatic rings. The number of hydrogen-bond donors (Lipinski definition) is 0. The Kier molecular flexibility index (Phi) is 6.21. The maximum absolute atomic E-state index is 11.1. The summed E-state index contributed by atoms with van der Waals surface area (Å²) < 4.78 is 9.71. The molecule has 4 nitrogen and oxygen atoms in total. The number of rotatable bonds is 5. The third-order valence-corrected chi connectivity index (χ3v) is 1.67. The van der Waals surface area contributed by atoms with E-state index in [0.29, 0.717) is 24.4 Å². The van der Waals surface area contributed by atoms with Crippen LogP contribution in [0.1, 0.15) is 26.7 Å². The number of nitriles is 1. The van der Waals surface area contributed by atoms with Crippen molar-refractivity contribution in [2.24, 2.45) is 0 Å². The van der Waals surface area contributed by atoms with E-state index >= 15 is 0 Å². The van der Waals surface area contributed by atoms with Gasteiger partial charge in [-0.05, 0) is 6.92 Å². The minimum atomic E-state index is -0.396. The van der Waals surface area contributed by atoms with E-state index in [2.05, 4.69) is 0 Å². The van der Waals surface area contributed by atoms with Gasteiger partial charge in [-0.15, -0.1) is 0 Å². The second-order valence-electron chi connectivity index (χ2n) is 2.55. The van der Waals surface area contributed by atoms with Crippen molar-refractivity contribution in [1.82, 2.24) is 0 Å². The summed E-state index contributed by atoms with van der Waals surface area (Å²) in [6.45, 7) is 3.91. The molecule has 0 rings (SSSR count). The highest BCUT2D eigenvalue weighted by Crippen LogP contribution is 2.12. The van der Waals surface area contributed by atoms with E-state index in [1.807, 2.05) is 13.0 Å². The molecule has 0 fully saturated rings. The summed E-state index contributed by atoms with van der Waals surface area (Å²) in [4.78, 5) is 11.1. The number of hydrogen-bond acceptors (Lipinski definition) is 4. The zero-order chi connectivity index (χ0) is 11.0. The number of ether oxygens (including phenoxy) is 2. The highest BCUT2D eigenvalue weighted by atomic mass is 16.5. The summed E-state index contributed by atoms with van der Waals surface area (Å²) in [7, 11) is 1.49. The molecule has 4 heteroatoms. The summed E-state index contributed by atoms with van der Waals surface area (Å²) in [5, 5.41) is 8.78. The molecule has 0 saturated carbocycles. The van der Waals surface area contributed by atoms with E-state index in [9.17, 15) is 4.79 Å². The molecule has 0 atom stereocenters. The van der Waals surface area contributed by atoms with Crippen LogP contribution in [0.3, 0.4) is 0 Å². The van der Waals surface area contributed by atoms with Gasteiger partial charge < -0.3 is 9.47 Å². The molecule has 14 heavy (non-hydrogen) atoms. The highest BCUT2D eigenvalue weighted by molar-refractivity contribution is 5.73. The Balaban J connectivity index is 4.51. The molecule has 0 amide bonds. The van der Waals surface area contributed by atoms with Crippen LogP contribution in [0.4, 0.5) is 0 Å².